The number of methoxy groups -OCH3 is 1. The van der Waals surface area contributed by atoms with Crippen molar-refractivity contribution in [2.45, 2.75) is 19.3 Å². The maximum atomic E-state index is 12.1. The molecule has 0 aliphatic heterocycles. The van der Waals surface area contributed by atoms with Crippen molar-refractivity contribution in [2.24, 2.45) is 0 Å². The number of ketones is 1. The fraction of sp³-hybridized carbons (Fsp3) is 0.250. The minimum absolute atomic E-state index is 0.0355. The van der Waals surface area contributed by atoms with Gasteiger partial charge in [-0.2, -0.15) is 0 Å². The lowest BCUT2D eigenvalue weighted by Gasteiger charge is -2.06. The zero-order valence-corrected chi connectivity index (χ0v) is 11.0. The molecule has 3 nitrogen and oxygen atoms in total. The van der Waals surface area contributed by atoms with E-state index in [9.17, 15) is 4.79 Å². The van der Waals surface area contributed by atoms with Gasteiger partial charge in [0.1, 0.15) is 11.4 Å². The Balaban J connectivity index is 1.91. The van der Waals surface area contributed by atoms with Crippen LogP contribution in [-0.2, 0) is 6.42 Å². The van der Waals surface area contributed by atoms with Crippen molar-refractivity contribution in [3.8, 4) is 5.75 Å². The second-order valence-corrected chi connectivity index (χ2v) is 4.32. The Bertz CT molecular complexity index is 537. The molecule has 0 saturated carbocycles. The fourth-order valence-corrected chi connectivity index (χ4v) is 1.98. The Morgan fingerprint density at radius 1 is 1.16 bits per heavy atom. The van der Waals surface area contributed by atoms with Gasteiger partial charge in [-0.15, -0.1) is 0 Å². The van der Waals surface area contributed by atoms with Gasteiger partial charge in [0, 0.05) is 12.6 Å². The molecule has 19 heavy (non-hydrogen) atoms. The number of carbonyl (C=O) groups is 1. The maximum Gasteiger partial charge on any atom is 0.184 e. The summed E-state index contributed by atoms with van der Waals surface area (Å²) in [5.41, 5.74) is 1.68. The predicted octanol–water partition coefficient (Wildman–Crippen LogP) is 3.30. The molecule has 0 aliphatic rings. The lowest BCUT2D eigenvalue weighted by atomic mass is 10.0. The van der Waals surface area contributed by atoms with Crippen LogP contribution in [0.3, 0.4) is 0 Å². The van der Waals surface area contributed by atoms with Crippen molar-refractivity contribution in [1.82, 2.24) is 4.98 Å². The summed E-state index contributed by atoms with van der Waals surface area (Å²) in [6.07, 6.45) is 3.83. The van der Waals surface area contributed by atoms with Crippen LogP contribution in [0.5, 0.6) is 5.75 Å². The highest BCUT2D eigenvalue weighted by Gasteiger charge is 2.12. The minimum atomic E-state index is 0.0355. The van der Waals surface area contributed by atoms with Crippen molar-refractivity contribution < 1.29 is 9.53 Å². The number of carbonyl (C=O) groups excluding carboxylic acids is 1. The van der Waals surface area contributed by atoms with Crippen LogP contribution in [-0.4, -0.2) is 17.9 Å². The van der Waals surface area contributed by atoms with Crippen LogP contribution >= 0.6 is 0 Å². The van der Waals surface area contributed by atoms with E-state index in [0.29, 0.717) is 17.9 Å². The van der Waals surface area contributed by atoms with Gasteiger partial charge in [0.2, 0.25) is 0 Å². The molecule has 2 aromatic rings. The van der Waals surface area contributed by atoms with E-state index in [1.54, 1.807) is 25.4 Å². The molecule has 98 valence electrons. The Morgan fingerprint density at radius 2 is 1.95 bits per heavy atom. The second kappa shape index (κ2) is 6.69. The first-order valence-corrected chi connectivity index (χ1v) is 6.37. The van der Waals surface area contributed by atoms with E-state index in [1.165, 1.54) is 5.56 Å². The molecule has 2 rings (SSSR count). The van der Waals surface area contributed by atoms with Gasteiger partial charge >= 0.3 is 0 Å². The summed E-state index contributed by atoms with van der Waals surface area (Å²) in [6, 6.07) is 13.7. The average Bonchev–Trinajstić information content (AvgIpc) is 2.48. The van der Waals surface area contributed by atoms with E-state index in [2.05, 4.69) is 17.1 Å². The number of benzene rings is 1. The summed E-state index contributed by atoms with van der Waals surface area (Å²) in [7, 11) is 1.55. The van der Waals surface area contributed by atoms with Gasteiger partial charge < -0.3 is 4.74 Å². The highest BCUT2D eigenvalue weighted by Crippen LogP contribution is 2.17. The largest absolute Gasteiger partial charge is 0.494 e. The summed E-state index contributed by atoms with van der Waals surface area (Å²) in [6.45, 7) is 0. The molecule has 0 radical (unpaired) electrons. The molecule has 0 atom stereocenters. The van der Waals surface area contributed by atoms with Crippen LogP contribution in [0.2, 0.25) is 0 Å². The number of hydrogen-bond acceptors (Lipinski definition) is 3. The SMILES string of the molecule is COc1cccnc1C(=O)CCCc1ccccc1. The van der Waals surface area contributed by atoms with Gasteiger partial charge in [-0.05, 0) is 30.5 Å². The molecule has 0 saturated heterocycles. The smallest absolute Gasteiger partial charge is 0.184 e. The van der Waals surface area contributed by atoms with Gasteiger partial charge in [0.25, 0.3) is 0 Å². The van der Waals surface area contributed by atoms with Gasteiger partial charge in [0.15, 0.2) is 5.78 Å². The van der Waals surface area contributed by atoms with Crippen LogP contribution in [0, 0.1) is 0 Å². The maximum absolute atomic E-state index is 12.1. The van der Waals surface area contributed by atoms with Gasteiger partial charge in [-0.3, -0.25) is 4.79 Å². The zero-order chi connectivity index (χ0) is 13.5. The molecule has 0 amide bonds. The molecule has 3 heteroatoms. The lowest BCUT2D eigenvalue weighted by molar-refractivity contribution is 0.0972. The number of aryl methyl sites for hydroxylation is 1. The van der Waals surface area contributed by atoms with Crippen LogP contribution in [0.25, 0.3) is 0 Å². The predicted molar refractivity (Wildman–Crippen MR) is 74.5 cm³/mol. The summed E-state index contributed by atoms with van der Waals surface area (Å²) in [4.78, 5) is 16.2. The molecular weight excluding hydrogens is 238 g/mol. The van der Waals surface area contributed by atoms with Crippen LogP contribution in [0.15, 0.2) is 48.7 Å². The van der Waals surface area contributed by atoms with Crippen molar-refractivity contribution >= 4 is 5.78 Å². The lowest BCUT2D eigenvalue weighted by Crippen LogP contribution is -2.05. The highest BCUT2D eigenvalue weighted by atomic mass is 16.5. The van der Waals surface area contributed by atoms with E-state index in [-0.39, 0.29) is 5.78 Å². The number of pyridine rings is 1. The Kier molecular flexibility index (Phi) is 4.67. The number of aromatic nitrogens is 1. The van der Waals surface area contributed by atoms with Gasteiger partial charge in [-0.1, -0.05) is 30.3 Å². The Morgan fingerprint density at radius 3 is 2.68 bits per heavy atom. The molecule has 0 N–H and O–H groups in total. The summed E-state index contributed by atoms with van der Waals surface area (Å²) >= 11 is 0. The zero-order valence-electron chi connectivity index (χ0n) is 11.0. The van der Waals surface area contributed by atoms with E-state index in [0.717, 1.165) is 12.8 Å². The van der Waals surface area contributed by atoms with E-state index < -0.39 is 0 Å². The van der Waals surface area contributed by atoms with E-state index >= 15 is 0 Å². The molecule has 1 aromatic heterocycles. The van der Waals surface area contributed by atoms with E-state index in [4.69, 9.17) is 4.74 Å². The molecule has 1 aromatic carbocycles. The normalized spacial score (nSPS) is 10.2. The molecule has 0 unspecified atom stereocenters. The Labute approximate surface area is 113 Å². The first-order valence-electron chi connectivity index (χ1n) is 6.37. The second-order valence-electron chi connectivity index (χ2n) is 4.32. The van der Waals surface area contributed by atoms with Crippen LogP contribution in [0.1, 0.15) is 28.9 Å². The minimum Gasteiger partial charge on any atom is -0.494 e. The van der Waals surface area contributed by atoms with Crippen molar-refractivity contribution in [2.75, 3.05) is 7.11 Å². The molecule has 1 heterocycles. The molecular formula is C16H17NO2. The molecule has 0 aliphatic carbocycles. The first-order chi connectivity index (χ1) is 9.31. The standard InChI is InChI=1S/C16H17NO2/c1-19-15-11-6-12-17-16(15)14(18)10-5-9-13-7-3-2-4-8-13/h2-4,6-8,11-12H,5,9-10H2,1H3. The molecule has 0 fully saturated rings. The van der Waals surface area contributed by atoms with Crippen molar-refractivity contribution in [3.05, 3.63) is 59.9 Å². The summed E-state index contributed by atoms with van der Waals surface area (Å²) in [5, 5.41) is 0. The third-order valence-corrected chi connectivity index (χ3v) is 2.97. The number of ether oxygens (including phenoxy) is 1. The first kappa shape index (κ1) is 13.3. The number of hydrogen-bond donors (Lipinski definition) is 0. The number of Topliss-reactive ketones (excluding diaryl/α,β-unsaturated/α-hetero) is 1. The summed E-state index contributed by atoms with van der Waals surface area (Å²) in [5.74, 6) is 0.584. The number of nitrogens with zero attached hydrogens (tertiary/aromatic N) is 1. The average molecular weight is 255 g/mol. The van der Waals surface area contributed by atoms with Crippen molar-refractivity contribution in [1.29, 1.82) is 0 Å². The quantitative estimate of drug-likeness (QED) is 0.743. The number of rotatable bonds is 6. The monoisotopic (exact) mass is 255 g/mol. The third-order valence-electron chi connectivity index (χ3n) is 2.97. The Hall–Kier alpha value is -2.16. The topological polar surface area (TPSA) is 39.2 Å². The third kappa shape index (κ3) is 3.65. The van der Waals surface area contributed by atoms with Crippen molar-refractivity contribution in [3.63, 3.8) is 0 Å². The summed E-state index contributed by atoms with van der Waals surface area (Å²) < 4.78 is 5.15. The van der Waals surface area contributed by atoms with Crippen LogP contribution in [0.4, 0.5) is 0 Å². The fourth-order valence-electron chi connectivity index (χ4n) is 1.98. The van der Waals surface area contributed by atoms with E-state index in [1.807, 2.05) is 18.2 Å². The van der Waals surface area contributed by atoms with Gasteiger partial charge in [-0.25, -0.2) is 4.98 Å². The molecule has 0 spiro atoms. The molecule has 0 bridgehead atoms. The van der Waals surface area contributed by atoms with Crippen LogP contribution < -0.4 is 4.74 Å². The van der Waals surface area contributed by atoms with Gasteiger partial charge in [0.05, 0.1) is 7.11 Å². The highest BCUT2D eigenvalue weighted by molar-refractivity contribution is 5.96.